The second-order valence-corrected chi connectivity index (χ2v) is 8.74. The van der Waals surface area contributed by atoms with Gasteiger partial charge in [0.05, 0.1) is 6.54 Å². The number of carbonyl (C=O) groups is 1. The number of amides is 1. The first-order valence-electron chi connectivity index (χ1n) is 11.8. The summed E-state index contributed by atoms with van der Waals surface area (Å²) in [7, 11) is 0. The van der Waals surface area contributed by atoms with Crippen molar-refractivity contribution >= 4 is 11.9 Å². The minimum atomic E-state index is -0.0156. The van der Waals surface area contributed by atoms with Crippen LogP contribution in [0.1, 0.15) is 75.2 Å². The monoisotopic (exact) mass is 413 g/mol. The van der Waals surface area contributed by atoms with E-state index in [1.807, 2.05) is 31.2 Å². The molecule has 1 saturated heterocycles. The van der Waals surface area contributed by atoms with Crippen LogP contribution >= 0.6 is 0 Å². The van der Waals surface area contributed by atoms with Crippen LogP contribution in [-0.2, 0) is 6.54 Å². The Hall–Kier alpha value is -2.08. The SMILES string of the molecule is CCNC(=NCc1cccc(C(=O)NC(C)CC)c1)NC1CCN(C2CCCC2)C1. The first kappa shape index (κ1) is 22.6. The summed E-state index contributed by atoms with van der Waals surface area (Å²) in [6, 6.07) is 9.21. The lowest BCUT2D eigenvalue weighted by atomic mass is 10.1. The minimum absolute atomic E-state index is 0.0156. The molecule has 2 unspecified atom stereocenters. The van der Waals surface area contributed by atoms with Crippen LogP contribution in [0.25, 0.3) is 0 Å². The summed E-state index contributed by atoms with van der Waals surface area (Å²) in [4.78, 5) is 19.9. The van der Waals surface area contributed by atoms with E-state index in [1.54, 1.807) is 0 Å². The molecule has 1 aliphatic heterocycles. The van der Waals surface area contributed by atoms with Crippen LogP contribution in [0.3, 0.4) is 0 Å². The van der Waals surface area contributed by atoms with Crippen LogP contribution in [0.5, 0.6) is 0 Å². The van der Waals surface area contributed by atoms with Gasteiger partial charge >= 0.3 is 0 Å². The molecule has 1 amide bonds. The topological polar surface area (TPSA) is 68.8 Å². The van der Waals surface area contributed by atoms with Crippen molar-refractivity contribution in [3.05, 3.63) is 35.4 Å². The fraction of sp³-hybridized carbons (Fsp3) is 0.667. The maximum atomic E-state index is 12.4. The van der Waals surface area contributed by atoms with Crippen molar-refractivity contribution in [2.75, 3.05) is 19.6 Å². The number of hydrogen-bond acceptors (Lipinski definition) is 3. The van der Waals surface area contributed by atoms with E-state index in [-0.39, 0.29) is 11.9 Å². The number of aliphatic imine (C=N–C) groups is 1. The van der Waals surface area contributed by atoms with Crippen molar-refractivity contribution in [1.29, 1.82) is 0 Å². The molecule has 30 heavy (non-hydrogen) atoms. The summed E-state index contributed by atoms with van der Waals surface area (Å²) >= 11 is 0. The molecule has 6 heteroatoms. The van der Waals surface area contributed by atoms with Crippen LogP contribution in [0.2, 0.25) is 0 Å². The van der Waals surface area contributed by atoms with E-state index in [9.17, 15) is 4.79 Å². The van der Waals surface area contributed by atoms with E-state index in [4.69, 9.17) is 4.99 Å². The first-order chi connectivity index (χ1) is 14.6. The highest BCUT2D eigenvalue weighted by Crippen LogP contribution is 2.26. The van der Waals surface area contributed by atoms with Gasteiger partial charge in [0.15, 0.2) is 5.96 Å². The van der Waals surface area contributed by atoms with Gasteiger partial charge in [-0.15, -0.1) is 0 Å². The second kappa shape index (κ2) is 11.3. The number of hydrogen-bond donors (Lipinski definition) is 3. The van der Waals surface area contributed by atoms with Crippen LogP contribution in [0.4, 0.5) is 0 Å². The molecule has 3 rings (SSSR count). The van der Waals surface area contributed by atoms with Crippen molar-refractivity contribution in [3.8, 4) is 0 Å². The van der Waals surface area contributed by atoms with Gasteiger partial charge in [0, 0.05) is 43.3 Å². The molecule has 0 spiro atoms. The van der Waals surface area contributed by atoms with Gasteiger partial charge in [0.25, 0.3) is 5.91 Å². The summed E-state index contributed by atoms with van der Waals surface area (Å²) in [5.41, 5.74) is 1.74. The summed E-state index contributed by atoms with van der Waals surface area (Å²) in [5.74, 6) is 0.850. The molecule has 166 valence electrons. The van der Waals surface area contributed by atoms with Gasteiger partial charge in [-0.25, -0.2) is 4.99 Å². The Bertz CT molecular complexity index is 713. The highest BCUT2D eigenvalue weighted by atomic mass is 16.1. The Morgan fingerprint density at radius 2 is 2.03 bits per heavy atom. The fourth-order valence-corrected chi connectivity index (χ4v) is 4.41. The molecule has 0 bridgehead atoms. The Morgan fingerprint density at radius 1 is 1.23 bits per heavy atom. The van der Waals surface area contributed by atoms with E-state index in [0.717, 1.165) is 37.1 Å². The molecule has 1 heterocycles. The standard InChI is InChI=1S/C24H39N5O/c1-4-18(3)27-23(30)20-10-8-9-19(15-20)16-26-24(25-5-2)28-21-13-14-29(17-21)22-11-6-7-12-22/h8-10,15,18,21-22H,4-7,11-14,16-17H2,1-3H3,(H,27,30)(H2,25,26,28). The molecule has 0 radical (unpaired) electrons. The molecular weight excluding hydrogens is 374 g/mol. The van der Waals surface area contributed by atoms with Crippen molar-refractivity contribution in [2.24, 2.45) is 4.99 Å². The number of guanidine groups is 1. The van der Waals surface area contributed by atoms with Gasteiger partial charge in [0.2, 0.25) is 0 Å². The van der Waals surface area contributed by atoms with Crippen molar-refractivity contribution < 1.29 is 4.79 Å². The lowest BCUT2D eigenvalue weighted by molar-refractivity contribution is 0.0939. The minimum Gasteiger partial charge on any atom is -0.357 e. The van der Waals surface area contributed by atoms with Crippen LogP contribution in [0, 0.1) is 0 Å². The van der Waals surface area contributed by atoms with Crippen LogP contribution < -0.4 is 16.0 Å². The van der Waals surface area contributed by atoms with Crippen LogP contribution in [0.15, 0.2) is 29.3 Å². The number of nitrogens with zero attached hydrogens (tertiary/aromatic N) is 2. The third-order valence-corrected chi connectivity index (χ3v) is 6.34. The zero-order chi connectivity index (χ0) is 21.3. The van der Waals surface area contributed by atoms with E-state index in [2.05, 4.69) is 34.7 Å². The molecule has 1 aliphatic carbocycles. The maximum Gasteiger partial charge on any atom is 0.251 e. The zero-order valence-electron chi connectivity index (χ0n) is 18.9. The Morgan fingerprint density at radius 3 is 2.77 bits per heavy atom. The molecular formula is C24H39N5O. The van der Waals surface area contributed by atoms with Crippen LogP contribution in [-0.4, -0.2) is 54.5 Å². The average Bonchev–Trinajstić information content (AvgIpc) is 3.44. The molecule has 3 N–H and O–H groups in total. The van der Waals surface area contributed by atoms with E-state index >= 15 is 0 Å². The Balaban J connectivity index is 1.57. The van der Waals surface area contributed by atoms with Gasteiger partial charge in [-0.2, -0.15) is 0 Å². The molecule has 1 aromatic rings. The number of rotatable bonds is 8. The molecule has 2 fully saturated rings. The molecule has 1 saturated carbocycles. The molecule has 2 atom stereocenters. The lowest BCUT2D eigenvalue weighted by Crippen LogP contribution is -2.45. The predicted molar refractivity (Wildman–Crippen MR) is 124 cm³/mol. The largest absolute Gasteiger partial charge is 0.357 e. The van der Waals surface area contributed by atoms with Crippen molar-refractivity contribution in [3.63, 3.8) is 0 Å². The third kappa shape index (κ3) is 6.46. The zero-order valence-corrected chi connectivity index (χ0v) is 18.9. The number of carbonyl (C=O) groups excluding carboxylic acids is 1. The highest BCUT2D eigenvalue weighted by molar-refractivity contribution is 5.94. The highest BCUT2D eigenvalue weighted by Gasteiger charge is 2.30. The summed E-state index contributed by atoms with van der Waals surface area (Å²) in [6.45, 7) is 9.88. The van der Waals surface area contributed by atoms with Gasteiger partial charge < -0.3 is 16.0 Å². The second-order valence-electron chi connectivity index (χ2n) is 8.74. The van der Waals surface area contributed by atoms with Gasteiger partial charge in [-0.1, -0.05) is 31.9 Å². The van der Waals surface area contributed by atoms with Gasteiger partial charge in [-0.3, -0.25) is 9.69 Å². The normalized spacial score (nSPS) is 21.6. The van der Waals surface area contributed by atoms with Crippen molar-refractivity contribution in [1.82, 2.24) is 20.9 Å². The number of nitrogens with one attached hydrogen (secondary N) is 3. The first-order valence-corrected chi connectivity index (χ1v) is 11.8. The number of benzene rings is 1. The average molecular weight is 414 g/mol. The van der Waals surface area contributed by atoms with E-state index in [1.165, 1.54) is 38.6 Å². The molecule has 6 nitrogen and oxygen atoms in total. The fourth-order valence-electron chi connectivity index (χ4n) is 4.41. The Labute approximate surface area is 181 Å². The third-order valence-electron chi connectivity index (χ3n) is 6.34. The lowest BCUT2D eigenvalue weighted by Gasteiger charge is -2.24. The van der Waals surface area contributed by atoms with E-state index in [0.29, 0.717) is 18.2 Å². The summed E-state index contributed by atoms with van der Waals surface area (Å²) in [5, 5.41) is 10.0. The van der Waals surface area contributed by atoms with Gasteiger partial charge in [0.1, 0.15) is 0 Å². The predicted octanol–water partition coefficient (Wildman–Crippen LogP) is 3.29. The van der Waals surface area contributed by atoms with Crippen molar-refractivity contribution in [2.45, 2.75) is 84.0 Å². The molecule has 2 aliphatic rings. The smallest absolute Gasteiger partial charge is 0.251 e. The molecule has 1 aromatic carbocycles. The summed E-state index contributed by atoms with van der Waals surface area (Å²) < 4.78 is 0. The number of likely N-dealkylation sites (tertiary alicyclic amines) is 1. The van der Waals surface area contributed by atoms with E-state index < -0.39 is 0 Å². The quantitative estimate of drug-likeness (QED) is 0.452. The summed E-state index contributed by atoms with van der Waals surface area (Å²) in [6.07, 6.45) is 7.60. The van der Waals surface area contributed by atoms with Gasteiger partial charge in [-0.05, 0) is 57.2 Å². The Kier molecular flexibility index (Phi) is 8.55. The maximum absolute atomic E-state index is 12.4. The molecule has 0 aromatic heterocycles.